The Hall–Kier alpha value is -1.90. The van der Waals surface area contributed by atoms with Crippen LogP contribution in [0.4, 0.5) is 0 Å². The van der Waals surface area contributed by atoms with Gasteiger partial charge < -0.3 is 4.74 Å². The summed E-state index contributed by atoms with van der Waals surface area (Å²) in [5.41, 5.74) is 1.44. The second-order valence-electron chi connectivity index (χ2n) is 5.91. The molecule has 0 atom stereocenters. The van der Waals surface area contributed by atoms with Crippen molar-refractivity contribution in [1.82, 2.24) is 9.97 Å². The molecule has 2 aromatic rings. The molecule has 3 nitrogen and oxygen atoms in total. The van der Waals surface area contributed by atoms with E-state index in [0.717, 1.165) is 38.1 Å². The topological polar surface area (TPSA) is 35.0 Å². The summed E-state index contributed by atoms with van der Waals surface area (Å²) in [7, 11) is 0. The average molecular weight is 312 g/mol. The number of ether oxygens (including phenoxy) is 1. The smallest absolute Gasteiger partial charge is 0.216 e. The fourth-order valence-electron chi connectivity index (χ4n) is 2.51. The number of nitrogens with zero attached hydrogens (tertiary/aromatic N) is 2. The first kappa shape index (κ1) is 17.5. The zero-order valence-corrected chi connectivity index (χ0v) is 14.2. The van der Waals surface area contributed by atoms with Crippen molar-refractivity contribution in [2.45, 2.75) is 58.3 Å². The Balaban J connectivity index is 1.59. The van der Waals surface area contributed by atoms with Crippen molar-refractivity contribution in [2.75, 3.05) is 6.61 Å². The molecule has 0 aliphatic carbocycles. The average Bonchev–Trinajstić information content (AvgIpc) is 2.59. The molecule has 0 fully saturated rings. The van der Waals surface area contributed by atoms with Crippen molar-refractivity contribution >= 4 is 0 Å². The summed E-state index contributed by atoms with van der Waals surface area (Å²) in [5.74, 6) is 1.62. The lowest BCUT2D eigenvalue weighted by molar-refractivity contribution is 0.296. The van der Waals surface area contributed by atoms with E-state index in [0.29, 0.717) is 5.88 Å². The minimum atomic E-state index is 0.715. The van der Waals surface area contributed by atoms with Gasteiger partial charge in [0.15, 0.2) is 0 Å². The lowest BCUT2D eigenvalue weighted by atomic mass is 10.1. The zero-order valence-electron chi connectivity index (χ0n) is 14.2. The van der Waals surface area contributed by atoms with Gasteiger partial charge in [0.2, 0.25) is 5.88 Å². The molecule has 1 aromatic carbocycles. The lowest BCUT2D eigenvalue weighted by Gasteiger charge is -2.06. The van der Waals surface area contributed by atoms with Crippen LogP contribution < -0.4 is 4.74 Å². The van der Waals surface area contributed by atoms with Gasteiger partial charge in [-0.05, 0) is 31.2 Å². The fourth-order valence-corrected chi connectivity index (χ4v) is 2.51. The van der Waals surface area contributed by atoms with Crippen molar-refractivity contribution in [2.24, 2.45) is 0 Å². The third kappa shape index (κ3) is 7.27. The maximum Gasteiger partial charge on any atom is 0.216 e. The Labute approximate surface area is 140 Å². The molecule has 0 N–H and O–H groups in total. The molecule has 0 unspecified atom stereocenters. The fraction of sp³-hybridized carbons (Fsp3) is 0.500. The molecule has 23 heavy (non-hydrogen) atoms. The van der Waals surface area contributed by atoms with Gasteiger partial charge in [-0.3, -0.25) is 0 Å². The van der Waals surface area contributed by atoms with E-state index in [4.69, 9.17) is 4.74 Å². The van der Waals surface area contributed by atoms with Gasteiger partial charge in [0.05, 0.1) is 6.61 Å². The van der Waals surface area contributed by atoms with Gasteiger partial charge in [0.25, 0.3) is 0 Å². The number of hydrogen-bond acceptors (Lipinski definition) is 3. The minimum absolute atomic E-state index is 0.715. The monoisotopic (exact) mass is 312 g/mol. The first-order valence-corrected chi connectivity index (χ1v) is 8.87. The van der Waals surface area contributed by atoms with Gasteiger partial charge in [-0.2, -0.15) is 4.98 Å². The highest BCUT2D eigenvalue weighted by Crippen LogP contribution is 2.11. The van der Waals surface area contributed by atoms with E-state index >= 15 is 0 Å². The van der Waals surface area contributed by atoms with Gasteiger partial charge in [-0.15, -0.1) is 0 Å². The first-order chi connectivity index (χ1) is 11.4. The SMILES string of the molecule is CCCCOc1ccnc(CCCCCCc2ccccc2)n1. The van der Waals surface area contributed by atoms with E-state index in [1.165, 1.54) is 31.2 Å². The minimum Gasteiger partial charge on any atom is -0.478 e. The summed E-state index contributed by atoms with van der Waals surface area (Å²) in [6, 6.07) is 12.6. The Kier molecular flexibility index (Phi) is 8.17. The van der Waals surface area contributed by atoms with Crippen LogP contribution in [0.5, 0.6) is 5.88 Å². The van der Waals surface area contributed by atoms with Crippen LogP contribution in [0.2, 0.25) is 0 Å². The van der Waals surface area contributed by atoms with Crippen LogP contribution in [0, 0.1) is 0 Å². The van der Waals surface area contributed by atoms with Gasteiger partial charge >= 0.3 is 0 Å². The van der Waals surface area contributed by atoms with Crippen LogP contribution in [0.3, 0.4) is 0 Å². The summed E-state index contributed by atoms with van der Waals surface area (Å²) >= 11 is 0. The highest BCUT2D eigenvalue weighted by molar-refractivity contribution is 5.14. The van der Waals surface area contributed by atoms with Crippen molar-refractivity contribution in [1.29, 1.82) is 0 Å². The number of benzene rings is 1. The maximum atomic E-state index is 5.63. The van der Waals surface area contributed by atoms with E-state index in [1.807, 2.05) is 6.07 Å². The maximum absolute atomic E-state index is 5.63. The summed E-state index contributed by atoms with van der Waals surface area (Å²) in [6.07, 6.45) is 11.0. The number of rotatable bonds is 11. The van der Waals surface area contributed by atoms with Gasteiger partial charge in [-0.1, -0.05) is 56.5 Å². The van der Waals surface area contributed by atoms with Crippen molar-refractivity contribution in [3.8, 4) is 5.88 Å². The molecule has 0 bridgehead atoms. The molecule has 3 heteroatoms. The van der Waals surface area contributed by atoms with Gasteiger partial charge in [0, 0.05) is 18.7 Å². The molecular formula is C20H28N2O. The van der Waals surface area contributed by atoms with E-state index in [1.54, 1.807) is 6.20 Å². The second kappa shape index (κ2) is 10.8. The van der Waals surface area contributed by atoms with E-state index in [-0.39, 0.29) is 0 Å². The van der Waals surface area contributed by atoms with Crippen LogP contribution >= 0.6 is 0 Å². The Morgan fingerprint density at radius 2 is 1.65 bits per heavy atom. The number of hydrogen-bond donors (Lipinski definition) is 0. The van der Waals surface area contributed by atoms with Crippen LogP contribution in [-0.2, 0) is 12.8 Å². The van der Waals surface area contributed by atoms with Crippen LogP contribution in [0.15, 0.2) is 42.6 Å². The number of aromatic nitrogens is 2. The quantitative estimate of drug-likeness (QED) is 0.548. The van der Waals surface area contributed by atoms with Crippen molar-refractivity contribution in [3.63, 3.8) is 0 Å². The largest absolute Gasteiger partial charge is 0.478 e. The molecule has 124 valence electrons. The predicted octanol–water partition coefficient (Wildman–Crippen LogP) is 5.00. The van der Waals surface area contributed by atoms with Gasteiger partial charge in [-0.25, -0.2) is 4.98 Å². The highest BCUT2D eigenvalue weighted by atomic mass is 16.5. The molecule has 0 radical (unpaired) electrons. The van der Waals surface area contributed by atoms with Crippen molar-refractivity contribution < 1.29 is 4.74 Å². The molecule has 0 aliphatic rings. The Bertz CT molecular complexity index is 542. The molecule has 0 aliphatic heterocycles. The first-order valence-electron chi connectivity index (χ1n) is 8.87. The Morgan fingerprint density at radius 1 is 0.870 bits per heavy atom. The number of unbranched alkanes of at least 4 members (excludes halogenated alkanes) is 4. The van der Waals surface area contributed by atoms with E-state index < -0.39 is 0 Å². The van der Waals surface area contributed by atoms with E-state index in [2.05, 4.69) is 47.2 Å². The van der Waals surface area contributed by atoms with E-state index in [9.17, 15) is 0 Å². The van der Waals surface area contributed by atoms with Crippen LogP contribution in [-0.4, -0.2) is 16.6 Å². The molecular weight excluding hydrogens is 284 g/mol. The molecule has 1 heterocycles. The number of aryl methyl sites for hydroxylation is 2. The molecule has 0 spiro atoms. The summed E-state index contributed by atoms with van der Waals surface area (Å²) in [4.78, 5) is 8.82. The van der Waals surface area contributed by atoms with Crippen molar-refractivity contribution in [3.05, 3.63) is 54.0 Å². The summed E-state index contributed by atoms with van der Waals surface area (Å²) < 4.78 is 5.63. The summed E-state index contributed by atoms with van der Waals surface area (Å²) in [5, 5.41) is 0. The molecule has 0 saturated heterocycles. The molecule has 0 amide bonds. The molecule has 2 rings (SSSR count). The lowest BCUT2D eigenvalue weighted by Crippen LogP contribution is -2.02. The normalized spacial score (nSPS) is 10.7. The second-order valence-corrected chi connectivity index (χ2v) is 5.91. The Morgan fingerprint density at radius 3 is 2.43 bits per heavy atom. The zero-order chi connectivity index (χ0) is 16.2. The standard InChI is InChI=1S/C20H28N2O/c1-2-3-17-23-20-15-16-21-19(22-20)14-10-5-4-7-11-18-12-8-6-9-13-18/h6,8-9,12-13,15-16H,2-5,7,10-11,14,17H2,1H3. The molecule has 0 saturated carbocycles. The third-order valence-corrected chi connectivity index (χ3v) is 3.89. The highest BCUT2D eigenvalue weighted by Gasteiger charge is 2.01. The third-order valence-electron chi connectivity index (χ3n) is 3.89. The molecule has 1 aromatic heterocycles. The predicted molar refractivity (Wildman–Crippen MR) is 94.8 cm³/mol. The van der Waals surface area contributed by atoms with Crippen LogP contribution in [0.1, 0.15) is 56.8 Å². The van der Waals surface area contributed by atoms with Crippen LogP contribution in [0.25, 0.3) is 0 Å². The van der Waals surface area contributed by atoms with Gasteiger partial charge in [0.1, 0.15) is 5.82 Å². The summed E-state index contributed by atoms with van der Waals surface area (Å²) in [6.45, 7) is 2.90.